The molecule has 0 aliphatic heterocycles. The van der Waals surface area contributed by atoms with E-state index in [1.165, 1.54) is 0 Å². The van der Waals surface area contributed by atoms with Crippen LogP contribution in [0.5, 0.6) is 5.75 Å². The van der Waals surface area contributed by atoms with E-state index < -0.39 is 0 Å². The molecule has 0 radical (unpaired) electrons. The largest absolute Gasteiger partial charge is 0.494 e. The molecule has 1 aromatic rings. The quantitative estimate of drug-likeness (QED) is 0.692. The number of nitroso groups, excluding NO2 is 1. The van der Waals surface area contributed by atoms with Crippen LogP contribution < -0.4 is 4.74 Å². The van der Waals surface area contributed by atoms with Gasteiger partial charge in [-0.05, 0) is 31.5 Å². The molecule has 0 saturated carbocycles. The van der Waals surface area contributed by atoms with E-state index in [0.29, 0.717) is 6.61 Å². The molecule has 0 heterocycles. The zero-order chi connectivity index (χ0) is 11.1. The summed E-state index contributed by atoms with van der Waals surface area (Å²) in [6.45, 7) is 4.37. The van der Waals surface area contributed by atoms with E-state index in [1.807, 2.05) is 37.3 Å². The zero-order valence-electron chi connectivity index (χ0n) is 9.01. The number of hydrogen-bond acceptors (Lipinski definition) is 3. The van der Waals surface area contributed by atoms with Crippen molar-refractivity contribution in [3.63, 3.8) is 0 Å². The highest BCUT2D eigenvalue weighted by atomic mass is 16.5. The smallest absolute Gasteiger partial charge is 0.119 e. The second kappa shape index (κ2) is 5.96. The maximum atomic E-state index is 10.1. The second-order valence-corrected chi connectivity index (χ2v) is 3.21. The van der Waals surface area contributed by atoms with Crippen LogP contribution in [0.1, 0.15) is 19.4 Å². The van der Waals surface area contributed by atoms with Crippen LogP contribution in [0.4, 0.5) is 0 Å². The predicted octanol–water partition coefficient (Wildman–Crippen LogP) is 3.25. The first-order valence-electron chi connectivity index (χ1n) is 4.99. The summed E-state index contributed by atoms with van der Waals surface area (Å²) in [4.78, 5) is 10.1. The number of nitrogens with zero attached hydrogens (tertiary/aromatic N) is 1. The van der Waals surface area contributed by atoms with Gasteiger partial charge < -0.3 is 4.74 Å². The zero-order valence-corrected chi connectivity index (χ0v) is 9.01. The number of rotatable bonds is 5. The van der Waals surface area contributed by atoms with Gasteiger partial charge in [0.1, 0.15) is 11.8 Å². The van der Waals surface area contributed by atoms with Crippen LogP contribution in [-0.4, -0.2) is 12.6 Å². The third kappa shape index (κ3) is 3.94. The Morgan fingerprint density at radius 3 is 2.60 bits per heavy atom. The van der Waals surface area contributed by atoms with E-state index in [1.54, 1.807) is 13.0 Å². The van der Waals surface area contributed by atoms with Crippen molar-refractivity contribution in [1.29, 1.82) is 0 Å². The summed E-state index contributed by atoms with van der Waals surface area (Å²) < 4.78 is 5.31. The lowest BCUT2D eigenvalue weighted by Gasteiger charge is -2.02. The van der Waals surface area contributed by atoms with Crippen molar-refractivity contribution in [1.82, 2.24) is 0 Å². The molecule has 0 aliphatic carbocycles. The van der Waals surface area contributed by atoms with Gasteiger partial charge in [-0.3, -0.25) is 0 Å². The lowest BCUT2D eigenvalue weighted by Crippen LogP contribution is -1.91. The van der Waals surface area contributed by atoms with E-state index in [0.717, 1.165) is 11.3 Å². The first kappa shape index (κ1) is 11.4. The molecular formula is C12H15NO2. The van der Waals surface area contributed by atoms with Crippen molar-refractivity contribution in [3.8, 4) is 5.75 Å². The molecule has 3 nitrogen and oxygen atoms in total. The average Bonchev–Trinajstić information content (AvgIpc) is 2.28. The predicted molar refractivity (Wildman–Crippen MR) is 61.9 cm³/mol. The van der Waals surface area contributed by atoms with Crippen molar-refractivity contribution in [2.75, 3.05) is 6.61 Å². The summed E-state index contributed by atoms with van der Waals surface area (Å²) in [6, 6.07) is 7.42. The van der Waals surface area contributed by atoms with Gasteiger partial charge in [0.25, 0.3) is 0 Å². The summed E-state index contributed by atoms with van der Waals surface area (Å²) >= 11 is 0. The average molecular weight is 205 g/mol. The minimum atomic E-state index is -0.281. The molecule has 0 spiro atoms. The Bertz CT molecular complexity index is 330. The molecule has 3 heteroatoms. The van der Waals surface area contributed by atoms with E-state index >= 15 is 0 Å². The highest BCUT2D eigenvalue weighted by Crippen LogP contribution is 2.13. The summed E-state index contributed by atoms with van der Waals surface area (Å²) in [5.74, 6) is 0.858. The number of ether oxygens (including phenoxy) is 1. The van der Waals surface area contributed by atoms with Crippen molar-refractivity contribution in [3.05, 3.63) is 40.8 Å². The van der Waals surface area contributed by atoms with Crippen molar-refractivity contribution >= 4 is 6.08 Å². The molecule has 1 rings (SSSR count). The van der Waals surface area contributed by atoms with Gasteiger partial charge in [0, 0.05) is 0 Å². The van der Waals surface area contributed by atoms with E-state index in [4.69, 9.17) is 4.74 Å². The Kier molecular flexibility index (Phi) is 4.54. The molecule has 80 valence electrons. The van der Waals surface area contributed by atoms with Gasteiger partial charge in [0.2, 0.25) is 0 Å². The summed E-state index contributed by atoms with van der Waals surface area (Å²) in [5, 5.41) is 2.89. The van der Waals surface area contributed by atoms with Crippen LogP contribution in [-0.2, 0) is 0 Å². The van der Waals surface area contributed by atoms with E-state index in [-0.39, 0.29) is 6.04 Å². The lowest BCUT2D eigenvalue weighted by molar-refractivity contribution is 0.340. The van der Waals surface area contributed by atoms with Gasteiger partial charge in [0.15, 0.2) is 0 Å². The molecule has 0 amide bonds. The number of benzene rings is 1. The Morgan fingerprint density at radius 2 is 2.07 bits per heavy atom. The monoisotopic (exact) mass is 205 g/mol. The SMILES string of the molecule is CCOc1ccc(/C=C\C(C)N=O)cc1. The van der Waals surface area contributed by atoms with Crippen molar-refractivity contribution in [2.45, 2.75) is 19.9 Å². The normalized spacial score (nSPS) is 12.7. The van der Waals surface area contributed by atoms with Crippen LogP contribution in [0.25, 0.3) is 6.08 Å². The van der Waals surface area contributed by atoms with Crippen LogP contribution in [0, 0.1) is 4.91 Å². The first-order valence-corrected chi connectivity index (χ1v) is 4.99. The standard InChI is InChI=1S/C12H15NO2/c1-3-15-12-8-6-11(7-9-12)5-4-10(2)13-14/h4-10H,3H2,1-2H3/b5-4-. The molecule has 1 aromatic carbocycles. The van der Waals surface area contributed by atoms with Crippen LogP contribution in [0.3, 0.4) is 0 Å². The Morgan fingerprint density at radius 1 is 1.40 bits per heavy atom. The first-order chi connectivity index (χ1) is 7.26. The summed E-state index contributed by atoms with van der Waals surface area (Å²) in [6.07, 6.45) is 3.64. The molecule has 0 saturated heterocycles. The fraction of sp³-hybridized carbons (Fsp3) is 0.333. The van der Waals surface area contributed by atoms with Crippen molar-refractivity contribution in [2.24, 2.45) is 5.18 Å². The topological polar surface area (TPSA) is 38.7 Å². The van der Waals surface area contributed by atoms with Crippen molar-refractivity contribution < 1.29 is 4.74 Å². The van der Waals surface area contributed by atoms with Gasteiger partial charge in [0.05, 0.1) is 6.61 Å². The lowest BCUT2D eigenvalue weighted by atomic mass is 10.2. The fourth-order valence-electron chi connectivity index (χ4n) is 1.13. The Labute approximate surface area is 89.7 Å². The molecule has 1 atom stereocenters. The highest BCUT2D eigenvalue weighted by Gasteiger charge is 1.94. The number of hydrogen-bond donors (Lipinski definition) is 0. The van der Waals surface area contributed by atoms with E-state index in [9.17, 15) is 4.91 Å². The molecule has 15 heavy (non-hydrogen) atoms. The fourth-order valence-corrected chi connectivity index (χ4v) is 1.13. The van der Waals surface area contributed by atoms with Gasteiger partial charge in [-0.15, -0.1) is 0 Å². The molecular weight excluding hydrogens is 190 g/mol. The minimum absolute atomic E-state index is 0.281. The summed E-state index contributed by atoms with van der Waals surface area (Å²) in [5.41, 5.74) is 1.04. The Balaban J connectivity index is 2.63. The third-order valence-electron chi connectivity index (χ3n) is 1.92. The van der Waals surface area contributed by atoms with Gasteiger partial charge in [-0.25, -0.2) is 0 Å². The van der Waals surface area contributed by atoms with Gasteiger partial charge in [-0.2, -0.15) is 4.91 Å². The van der Waals surface area contributed by atoms with E-state index in [2.05, 4.69) is 5.18 Å². The maximum Gasteiger partial charge on any atom is 0.119 e. The maximum absolute atomic E-state index is 10.1. The highest BCUT2D eigenvalue weighted by molar-refractivity contribution is 5.51. The molecule has 0 bridgehead atoms. The minimum Gasteiger partial charge on any atom is -0.494 e. The second-order valence-electron chi connectivity index (χ2n) is 3.21. The molecule has 0 fully saturated rings. The molecule has 0 aliphatic rings. The molecule has 0 N–H and O–H groups in total. The molecule has 1 unspecified atom stereocenters. The third-order valence-corrected chi connectivity index (χ3v) is 1.92. The van der Waals surface area contributed by atoms with Crippen LogP contribution >= 0.6 is 0 Å². The summed E-state index contributed by atoms with van der Waals surface area (Å²) in [7, 11) is 0. The van der Waals surface area contributed by atoms with Gasteiger partial charge >= 0.3 is 0 Å². The molecule has 0 aromatic heterocycles. The van der Waals surface area contributed by atoms with Gasteiger partial charge in [-0.1, -0.05) is 29.5 Å². The van der Waals surface area contributed by atoms with Crippen LogP contribution in [0.15, 0.2) is 35.5 Å². The van der Waals surface area contributed by atoms with Crippen LogP contribution in [0.2, 0.25) is 0 Å². The Hall–Kier alpha value is -1.64.